The number of imidazole rings is 1. The molecule has 1 aromatic carbocycles. The number of fused-ring (bicyclic) bond motifs is 1. The molecule has 2 aromatic rings. The van der Waals surface area contributed by atoms with Crippen molar-refractivity contribution in [2.75, 3.05) is 13.1 Å². The summed E-state index contributed by atoms with van der Waals surface area (Å²) < 4.78 is 33.5. The number of aromatic nitrogens is 2. The molecule has 0 amide bonds. The minimum atomic E-state index is -5.08. The van der Waals surface area contributed by atoms with E-state index in [-0.39, 0.29) is 11.7 Å². The molecule has 1 saturated heterocycles. The highest BCUT2D eigenvalue weighted by atomic mass is 19.4. The highest BCUT2D eigenvalue weighted by Crippen LogP contribution is 2.24. The number of aliphatic carboxylic acids is 1. The number of nitriles is 1. The average molecular weight is 356 g/mol. The van der Waals surface area contributed by atoms with E-state index in [0.29, 0.717) is 5.56 Å². The quantitative estimate of drug-likeness (QED) is 0.721. The number of benzene rings is 1. The molecule has 1 aromatic heterocycles. The first kappa shape index (κ1) is 18.5. The second kappa shape index (κ2) is 7.40. The molecular formula is C15H15F3N4O3. The van der Waals surface area contributed by atoms with Crippen molar-refractivity contribution in [3.05, 3.63) is 34.2 Å². The summed E-state index contributed by atoms with van der Waals surface area (Å²) in [4.78, 5) is 23.8. The number of para-hydroxylation sites is 1. The molecule has 1 aliphatic rings. The predicted octanol–water partition coefficient (Wildman–Crippen LogP) is 1.76. The van der Waals surface area contributed by atoms with Crippen LogP contribution in [0.2, 0.25) is 0 Å². The van der Waals surface area contributed by atoms with Crippen molar-refractivity contribution in [2.45, 2.75) is 25.1 Å². The lowest BCUT2D eigenvalue weighted by atomic mass is 10.1. The molecule has 0 atom stereocenters. The van der Waals surface area contributed by atoms with Crippen molar-refractivity contribution in [3.63, 3.8) is 0 Å². The number of rotatable bonds is 1. The van der Waals surface area contributed by atoms with E-state index in [0.717, 1.165) is 37.0 Å². The Hall–Kier alpha value is -2.80. The molecule has 0 radical (unpaired) electrons. The van der Waals surface area contributed by atoms with Gasteiger partial charge in [0.1, 0.15) is 6.07 Å². The summed E-state index contributed by atoms with van der Waals surface area (Å²) in [6.45, 7) is 1.83. The zero-order valence-electron chi connectivity index (χ0n) is 12.9. The fourth-order valence-electron chi connectivity index (χ4n) is 2.68. The maximum absolute atomic E-state index is 12.1. The third-order valence-electron chi connectivity index (χ3n) is 3.77. The van der Waals surface area contributed by atoms with Gasteiger partial charge in [0.2, 0.25) is 0 Å². The van der Waals surface area contributed by atoms with E-state index in [9.17, 15) is 23.2 Å². The summed E-state index contributed by atoms with van der Waals surface area (Å²) in [5.41, 5.74) is 1.94. The van der Waals surface area contributed by atoms with E-state index >= 15 is 0 Å². The van der Waals surface area contributed by atoms with Crippen molar-refractivity contribution in [2.24, 2.45) is 0 Å². The number of aromatic amines is 1. The first-order chi connectivity index (χ1) is 11.8. The van der Waals surface area contributed by atoms with Crippen LogP contribution < -0.4 is 11.0 Å². The molecule has 10 heteroatoms. The van der Waals surface area contributed by atoms with Crippen LogP contribution in [-0.2, 0) is 4.79 Å². The molecule has 134 valence electrons. The summed E-state index contributed by atoms with van der Waals surface area (Å²) in [6, 6.07) is 7.74. The van der Waals surface area contributed by atoms with Gasteiger partial charge in [-0.25, -0.2) is 9.59 Å². The molecule has 7 nitrogen and oxygen atoms in total. The van der Waals surface area contributed by atoms with E-state index in [4.69, 9.17) is 9.90 Å². The van der Waals surface area contributed by atoms with Crippen molar-refractivity contribution in [1.29, 1.82) is 5.26 Å². The summed E-state index contributed by atoms with van der Waals surface area (Å²) >= 11 is 0. The van der Waals surface area contributed by atoms with Crippen LogP contribution in [0.15, 0.2) is 23.0 Å². The molecule has 0 saturated carbocycles. The van der Waals surface area contributed by atoms with E-state index in [1.807, 2.05) is 6.07 Å². The third kappa shape index (κ3) is 4.19. The lowest BCUT2D eigenvalue weighted by Gasteiger charge is -2.24. The number of hydrogen-bond donors (Lipinski definition) is 3. The van der Waals surface area contributed by atoms with Crippen molar-refractivity contribution >= 4 is 17.0 Å². The number of carboxylic acids is 1. The number of alkyl halides is 3. The van der Waals surface area contributed by atoms with Gasteiger partial charge in [-0.15, -0.1) is 0 Å². The standard InChI is InChI=1S/C13H14N4O.C2HF3O2/c14-8-9-2-1-3-11-12(9)17(13(18)16-11)10-4-6-15-7-5-10;3-2(4,5)1(6)7/h1-3,10,15H,4-7H2,(H,16,18);(H,6,7). The topological polar surface area (TPSA) is 111 Å². The van der Waals surface area contributed by atoms with Crippen molar-refractivity contribution in [3.8, 4) is 6.07 Å². The van der Waals surface area contributed by atoms with Crippen LogP contribution in [0.4, 0.5) is 13.2 Å². The molecule has 2 heterocycles. The number of halogens is 3. The number of piperidine rings is 1. The van der Waals surface area contributed by atoms with Crippen LogP contribution in [-0.4, -0.2) is 39.9 Å². The van der Waals surface area contributed by atoms with Gasteiger partial charge >= 0.3 is 17.8 Å². The number of carboxylic acid groups (broad SMARTS) is 1. The van der Waals surface area contributed by atoms with Gasteiger partial charge in [0.05, 0.1) is 16.6 Å². The van der Waals surface area contributed by atoms with E-state index in [1.54, 1.807) is 16.7 Å². The van der Waals surface area contributed by atoms with Crippen molar-refractivity contribution in [1.82, 2.24) is 14.9 Å². The maximum Gasteiger partial charge on any atom is 0.490 e. The number of carbonyl (C=O) groups is 1. The lowest BCUT2D eigenvalue weighted by molar-refractivity contribution is -0.192. The van der Waals surface area contributed by atoms with Crippen LogP contribution in [0.5, 0.6) is 0 Å². The first-order valence-electron chi connectivity index (χ1n) is 7.40. The first-order valence-corrected chi connectivity index (χ1v) is 7.40. The van der Waals surface area contributed by atoms with Gasteiger partial charge in [0.25, 0.3) is 0 Å². The fraction of sp³-hybridized carbons (Fsp3) is 0.400. The Bertz CT molecular complexity index is 857. The van der Waals surface area contributed by atoms with Gasteiger partial charge in [-0.05, 0) is 38.1 Å². The average Bonchev–Trinajstić information content (AvgIpc) is 2.91. The number of hydrogen-bond acceptors (Lipinski definition) is 4. The van der Waals surface area contributed by atoms with Crippen LogP contribution in [0.25, 0.3) is 11.0 Å². The van der Waals surface area contributed by atoms with Gasteiger partial charge in [-0.1, -0.05) is 6.07 Å². The summed E-state index contributed by atoms with van der Waals surface area (Å²) in [5, 5.41) is 19.6. The lowest BCUT2D eigenvalue weighted by Crippen LogP contribution is -2.33. The summed E-state index contributed by atoms with van der Waals surface area (Å²) in [5.74, 6) is -2.76. The fourth-order valence-corrected chi connectivity index (χ4v) is 2.68. The molecule has 0 aliphatic carbocycles. The van der Waals surface area contributed by atoms with Crippen LogP contribution >= 0.6 is 0 Å². The Labute approximate surface area is 139 Å². The molecular weight excluding hydrogens is 341 g/mol. The smallest absolute Gasteiger partial charge is 0.475 e. The summed E-state index contributed by atoms with van der Waals surface area (Å²) in [7, 11) is 0. The monoisotopic (exact) mass is 356 g/mol. The van der Waals surface area contributed by atoms with Gasteiger partial charge in [0, 0.05) is 6.04 Å². The number of nitrogens with one attached hydrogen (secondary N) is 2. The molecule has 1 aliphatic heterocycles. The van der Waals surface area contributed by atoms with E-state index < -0.39 is 12.1 Å². The molecule has 0 bridgehead atoms. The Balaban J connectivity index is 0.000000277. The normalized spacial score (nSPS) is 15.3. The summed E-state index contributed by atoms with van der Waals surface area (Å²) in [6.07, 6.45) is -3.24. The Morgan fingerprint density at radius 2 is 1.92 bits per heavy atom. The van der Waals surface area contributed by atoms with E-state index in [2.05, 4.69) is 16.4 Å². The highest BCUT2D eigenvalue weighted by molar-refractivity contribution is 5.81. The molecule has 3 rings (SSSR count). The maximum atomic E-state index is 12.1. The van der Waals surface area contributed by atoms with Crippen molar-refractivity contribution < 1.29 is 23.1 Å². The number of nitrogens with zero attached hydrogens (tertiary/aromatic N) is 2. The Kier molecular flexibility index (Phi) is 5.48. The Morgan fingerprint density at radius 1 is 1.32 bits per heavy atom. The van der Waals surface area contributed by atoms with E-state index in [1.165, 1.54) is 0 Å². The van der Waals surface area contributed by atoms with Gasteiger partial charge in [-0.2, -0.15) is 18.4 Å². The largest absolute Gasteiger partial charge is 0.490 e. The molecule has 25 heavy (non-hydrogen) atoms. The molecule has 0 unspecified atom stereocenters. The SMILES string of the molecule is N#Cc1cccc2[nH]c(=O)n(C3CCNCC3)c12.O=C(O)C(F)(F)F. The van der Waals surface area contributed by atoms with Crippen LogP contribution in [0, 0.1) is 11.3 Å². The molecule has 1 fully saturated rings. The number of H-pyrrole nitrogens is 1. The molecule has 0 spiro atoms. The van der Waals surface area contributed by atoms with Crippen LogP contribution in [0.1, 0.15) is 24.4 Å². The van der Waals surface area contributed by atoms with Crippen LogP contribution in [0.3, 0.4) is 0 Å². The predicted molar refractivity (Wildman–Crippen MR) is 82.1 cm³/mol. The minimum Gasteiger partial charge on any atom is -0.475 e. The molecule has 3 N–H and O–H groups in total. The van der Waals surface area contributed by atoms with Gasteiger partial charge < -0.3 is 15.4 Å². The zero-order chi connectivity index (χ0) is 18.6. The van der Waals surface area contributed by atoms with Gasteiger partial charge in [-0.3, -0.25) is 4.57 Å². The second-order valence-electron chi connectivity index (χ2n) is 5.40. The zero-order valence-corrected chi connectivity index (χ0v) is 12.9. The second-order valence-corrected chi connectivity index (χ2v) is 5.40. The Morgan fingerprint density at radius 3 is 2.44 bits per heavy atom. The minimum absolute atomic E-state index is 0.111. The van der Waals surface area contributed by atoms with Gasteiger partial charge in [0.15, 0.2) is 0 Å². The highest BCUT2D eigenvalue weighted by Gasteiger charge is 2.38. The third-order valence-corrected chi connectivity index (χ3v) is 3.77.